The summed E-state index contributed by atoms with van der Waals surface area (Å²) in [6.45, 7) is 2.34. The number of hydrogen-bond acceptors (Lipinski definition) is 3. The number of hydrogen-bond donors (Lipinski definition) is 0. The molecule has 0 aromatic heterocycles. The zero-order valence-electron chi connectivity index (χ0n) is 12.1. The molecule has 0 saturated carbocycles. The van der Waals surface area contributed by atoms with Crippen LogP contribution in [0.3, 0.4) is 0 Å². The first-order valence-corrected chi connectivity index (χ1v) is 6.70. The monoisotopic (exact) mass is 288 g/mol. The number of ether oxygens (including phenoxy) is 2. The number of carbonyl (C=O) groups excluding carboxylic acids is 1. The van der Waals surface area contributed by atoms with E-state index in [4.69, 9.17) is 9.47 Å². The predicted octanol–water partition coefficient (Wildman–Crippen LogP) is 3.82. The van der Waals surface area contributed by atoms with Crippen molar-refractivity contribution in [3.8, 4) is 11.1 Å². The Balaban J connectivity index is 2.22. The third-order valence-electron chi connectivity index (χ3n) is 3.08. The standard InChI is InChI=1S/C17H17FO3/c1-3-21-17(19)13-6-4-12(5-7-13)14-8-9-15(11-20-2)16(18)10-14/h4-10H,3,11H2,1-2H3. The van der Waals surface area contributed by atoms with Crippen molar-refractivity contribution in [1.82, 2.24) is 0 Å². The molecular weight excluding hydrogens is 271 g/mol. The van der Waals surface area contributed by atoms with Gasteiger partial charge in [0.05, 0.1) is 18.8 Å². The smallest absolute Gasteiger partial charge is 0.338 e. The highest BCUT2D eigenvalue weighted by molar-refractivity contribution is 5.90. The van der Waals surface area contributed by atoms with Crippen LogP contribution in [0.2, 0.25) is 0 Å². The van der Waals surface area contributed by atoms with Crippen LogP contribution >= 0.6 is 0 Å². The van der Waals surface area contributed by atoms with Crippen LogP contribution in [0, 0.1) is 5.82 Å². The van der Waals surface area contributed by atoms with Crippen molar-refractivity contribution in [2.45, 2.75) is 13.5 Å². The molecule has 0 heterocycles. The van der Waals surface area contributed by atoms with Crippen LogP contribution in [0.1, 0.15) is 22.8 Å². The first kappa shape index (κ1) is 15.2. The van der Waals surface area contributed by atoms with E-state index in [1.165, 1.54) is 13.2 Å². The Bertz CT molecular complexity index is 620. The minimum atomic E-state index is -0.356. The van der Waals surface area contributed by atoms with Crippen molar-refractivity contribution < 1.29 is 18.7 Å². The average Bonchev–Trinajstić information content (AvgIpc) is 2.50. The number of esters is 1. The molecule has 4 heteroatoms. The Morgan fingerprint density at radius 1 is 1.10 bits per heavy atom. The van der Waals surface area contributed by atoms with Gasteiger partial charge in [-0.3, -0.25) is 0 Å². The summed E-state index contributed by atoms with van der Waals surface area (Å²) in [5, 5.41) is 0. The Morgan fingerprint density at radius 2 is 1.76 bits per heavy atom. The molecule has 0 spiro atoms. The first-order valence-electron chi connectivity index (χ1n) is 6.70. The van der Waals surface area contributed by atoms with Gasteiger partial charge in [-0.1, -0.05) is 24.3 Å². The Kier molecular flexibility index (Phi) is 5.06. The molecule has 0 unspecified atom stereocenters. The van der Waals surface area contributed by atoms with Gasteiger partial charge >= 0.3 is 5.97 Å². The Labute approximate surface area is 123 Å². The fraction of sp³-hybridized carbons (Fsp3) is 0.235. The summed E-state index contributed by atoms with van der Waals surface area (Å²) in [5.41, 5.74) is 2.59. The molecule has 0 amide bonds. The summed E-state index contributed by atoms with van der Waals surface area (Å²) in [5.74, 6) is -0.658. The highest BCUT2D eigenvalue weighted by Gasteiger charge is 2.08. The van der Waals surface area contributed by atoms with Crippen molar-refractivity contribution in [2.24, 2.45) is 0 Å². The van der Waals surface area contributed by atoms with E-state index in [0.29, 0.717) is 17.7 Å². The molecule has 21 heavy (non-hydrogen) atoms. The van der Waals surface area contributed by atoms with Crippen molar-refractivity contribution >= 4 is 5.97 Å². The molecule has 0 aliphatic carbocycles. The zero-order valence-corrected chi connectivity index (χ0v) is 12.1. The molecule has 0 aliphatic heterocycles. The molecule has 2 aromatic carbocycles. The second-order valence-corrected chi connectivity index (χ2v) is 4.54. The molecule has 0 atom stereocenters. The topological polar surface area (TPSA) is 35.5 Å². The maximum Gasteiger partial charge on any atom is 0.338 e. The van der Waals surface area contributed by atoms with E-state index in [-0.39, 0.29) is 18.4 Å². The molecule has 2 aromatic rings. The van der Waals surface area contributed by atoms with Crippen molar-refractivity contribution in [3.63, 3.8) is 0 Å². The summed E-state index contributed by atoms with van der Waals surface area (Å²) in [7, 11) is 1.53. The number of rotatable bonds is 5. The third kappa shape index (κ3) is 3.67. The van der Waals surface area contributed by atoms with Crippen LogP contribution in [0.15, 0.2) is 42.5 Å². The van der Waals surface area contributed by atoms with E-state index in [0.717, 1.165) is 11.1 Å². The Morgan fingerprint density at radius 3 is 2.33 bits per heavy atom. The maximum atomic E-state index is 13.9. The van der Waals surface area contributed by atoms with Gasteiger partial charge in [0.2, 0.25) is 0 Å². The van der Waals surface area contributed by atoms with Crippen LogP contribution in [0.4, 0.5) is 4.39 Å². The van der Waals surface area contributed by atoms with E-state index in [1.807, 2.05) is 6.07 Å². The number of carbonyl (C=O) groups is 1. The molecule has 0 aliphatic rings. The predicted molar refractivity (Wildman–Crippen MR) is 78.5 cm³/mol. The lowest BCUT2D eigenvalue weighted by Gasteiger charge is -2.07. The molecule has 0 radical (unpaired) electrons. The molecule has 0 fully saturated rings. The minimum Gasteiger partial charge on any atom is -0.462 e. The van der Waals surface area contributed by atoms with Gasteiger partial charge in [-0.25, -0.2) is 9.18 Å². The zero-order chi connectivity index (χ0) is 15.2. The summed E-state index contributed by atoms with van der Waals surface area (Å²) in [6, 6.07) is 11.9. The summed E-state index contributed by atoms with van der Waals surface area (Å²) in [6.07, 6.45) is 0. The first-order chi connectivity index (χ1) is 10.2. The fourth-order valence-electron chi connectivity index (χ4n) is 2.01. The lowest BCUT2D eigenvalue weighted by atomic mass is 10.0. The van der Waals surface area contributed by atoms with E-state index in [9.17, 15) is 9.18 Å². The highest BCUT2D eigenvalue weighted by Crippen LogP contribution is 2.23. The van der Waals surface area contributed by atoms with Gasteiger partial charge in [-0.15, -0.1) is 0 Å². The van der Waals surface area contributed by atoms with Gasteiger partial charge in [-0.05, 0) is 36.2 Å². The maximum absolute atomic E-state index is 13.9. The molecular formula is C17H17FO3. The molecule has 0 saturated heterocycles. The SMILES string of the molecule is CCOC(=O)c1ccc(-c2ccc(COC)c(F)c2)cc1. The average molecular weight is 288 g/mol. The van der Waals surface area contributed by atoms with E-state index >= 15 is 0 Å². The number of methoxy groups -OCH3 is 1. The third-order valence-corrected chi connectivity index (χ3v) is 3.08. The molecule has 110 valence electrons. The lowest BCUT2D eigenvalue weighted by molar-refractivity contribution is 0.0526. The van der Waals surface area contributed by atoms with Gasteiger partial charge in [0, 0.05) is 12.7 Å². The molecule has 2 rings (SSSR count). The van der Waals surface area contributed by atoms with Gasteiger partial charge < -0.3 is 9.47 Å². The normalized spacial score (nSPS) is 10.4. The second kappa shape index (κ2) is 6.99. The van der Waals surface area contributed by atoms with E-state index in [1.54, 1.807) is 37.3 Å². The lowest BCUT2D eigenvalue weighted by Crippen LogP contribution is -2.04. The summed E-state index contributed by atoms with van der Waals surface area (Å²) in [4.78, 5) is 11.6. The fourth-order valence-corrected chi connectivity index (χ4v) is 2.01. The van der Waals surface area contributed by atoms with Crippen molar-refractivity contribution in [1.29, 1.82) is 0 Å². The number of halogens is 1. The van der Waals surface area contributed by atoms with Gasteiger partial charge in [-0.2, -0.15) is 0 Å². The van der Waals surface area contributed by atoms with Crippen molar-refractivity contribution in [3.05, 3.63) is 59.4 Å². The second-order valence-electron chi connectivity index (χ2n) is 4.54. The molecule has 3 nitrogen and oxygen atoms in total. The quantitative estimate of drug-likeness (QED) is 0.785. The molecule has 0 N–H and O–H groups in total. The minimum absolute atomic E-state index is 0.244. The van der Waals surface area contributed by atoms with Gasteiger partial charge in [0.1, 0.15) is 5.82 Å². The summed E-state index contributed by atoms with van der Waals surface area (Å²) < 4.78 is 23.7. The van der Waals surface area contributed by atoms with Gasteiger partial charge in [0.15, 0.2) is 0 Å². The highest BCUT2D eigenvalue weighted by atomic mass is 19.1. The molecule has 0 bridgehead atoms. The number of benzene rings is 2. The summed E-state index contributed by atoms with van der Waals surface area (Å²) >= 11 is 0. The van der Waals surface area contributed by atoms with Crippen LogP contribution < -0.4 is 0 Å². The largest absolute Gasteiger partial charge is 0.462 e. The van der Waals surface area contributed by atoms with Gasteiger partial charge in [0.25, 0.3) is 0 Å². The van der Waals surface area contributed by atoms with Crippen LogP contribution in [-0.4, -0.2) is 19.7 Å². The van der Waals surface area contributed by atoms with Crippen LogP contribution in [0.5, 0.6) is 0 Å². The van der Waals surface area contributed by atoms with Crippen LogP contribution in [0.25, 0.3) is 11.1 Å². The Hall–Kier alpha value is -2.20. The van der Waals surface area contributed by atoms with E-state index in [2.05, 4.69) is 0 Å². The van der Waals surface area contributed by atoms with E-state index < -0.39 is 0 Å². The van der Waals surface area contributed by atoms with Crippen molar-refractivity contribution in [2.75, 3.05) is 13.7 Å². The van der Waals surface area contributed by atoms with Crippen LogP contribution in [-0.2, 0) is 16.1 Å².